The summed E-state index contributed by atoms with van der Waals surface area (Å²) in [7, 11) is 1.88. The molecule has 1 aromatic heterocycles. The van der Waals surface area contributed by atoms with Crippen LogP contribution in [0.25, 0.3) is 10.9 Å². The Bertz CT molecular complexity index is 471. The van der Waals surface area contributed by atoms with Gasteiger partial charge in [0.15, 0.2) is 0 Å². The Morgan fingerprint density at radius 2 is 2.07 bits per heavy atom. The van der Waals surface area contributed by atoms with Gasteiger partial charge in [0.2, 0.25) is 0 Å². The van der Waals surface area contributed by atoms with E-state index in [0.29, 0.717) is 0 Å². The molecule has 0 bridgehead atoms. The minimum atomic E-state index is -0.521. The van der Waals surface area contributed by atoms with E-state index in [1.165, 1.54) is 0 Å². The highest BCUT2D eigenvalue weighted by molar-refractivity contribution is 5.87. The van der Waals surface area contributed by atoms with E-state index in [9.17, 15) is 10.2 Å². The topological polar surface area (TPSA) is 45.4 Å². The van der Waals surface area contributed by atoms with E-state index < -0.39 is 6.10 Å². The second-order valence-corrected chi connectivity index (χ2v) is 3.51. The number of aryl methyl sites for hydroxylation is 1. The van der Waals surface area contributed by atoms with Crippen LogP contribution in [0, 0.1) is 0 Å². The summed E-state index contributed by atoms with van der Waals surface area (Å²) in [5, 5.41) is 19.9. The molecule has 14 heavy (non-hydrogen) atoms. The average molecular weight is 191 g/mol. The molecule has 0 amide bonds. The fourth-order valence-electron chi connectivity index (χ4n) is 1.77. The highest BCUT2D eigenvalue weighted by Crippen LogP contribution is 2.29. The first kappa shape index (κ1) is 9.09. The fraction of sp³-hybridized carbons (Fsp3) is 0.273. The number of nitrogens with zero attached hydrogens (tertiary/aromatic N) is 1. The zero-order valence-corrected chi connectivity index (χ0v) is 8.23. The average Bonchev–Trinajstić information content (AvgIpc) is 2.46. The standard InChI is InChI=1S/C11H13NO2/c1-7(13)10-6-8-9(12(10)2)4-3-5-11(8)14/h3-7,13-14H,1-2H3. The summed E-state index contributed by atoms with van der Waals surface area (Å²) in [6.45, 7) is 1.71. The third-order valence-electron chi connectivity index (χ3n) is 2.53. The number of hydrogen-bond donors (Lipinski definition) is 2. The van der Waals surface area contributed by atoms with E-state index in [1.54, 1.807) is 19.1 Å². The van der Waals surface area contributed by atoms with Gasteiger partial charge in [-0.15, -0.1) is 0 Å². The number of rotatable bonds is 1. The Kier molecular flexibility index (Phi) is 1.97. The van der Waals surface area contributed by atoms with Crippen molar-refractivity contribution in [1.82, 2.24) is 4.57 Å². The molecule has 1 unspecified atom stereocenters. The Balaban J connectivity index is 2.80. The molecule has 0 radical (unpaired) electrons. The number of aliphatic hydroxyl groups is 1. The summed E-state index contributed by atoms with van der Waals surface area (Å²) in [6.07, 6.45) is -0.521. The Morgan fingerprint density at radius 3 is 2.64 bits per heavy atom. The lowest BCUT2D eigenvalue weighted by Gasteiger charge is -2.05. The van der Waals surface area contributed by atoms with Crippen molar-refractivity contribution >= 4 is 10.9 Å². The molecule has 0 saturated carbocycles. The Morgan fingerprint density at radius 1 is 1.36 bits per heavy atom. The SMILES string of the molecule is CC(O)c1cc2c(O)cccc2n1C. The van der Waals surface area contributed by atoms with E-state index >= 15 is 0 Å². The van der Waals surface area contributed by atoms with Crippen LogP contribution in [0.5, 0.6) is 5.75 Å². The van der Waals surface area contributed by atoms with Crippen molar-refractivity contribution in [2.75, 3.05) is 0 Å². The minimum absolute atomic E-state index is 0.255. The van der Waals surface area contributed by atoms with Crippen LogP contribution in [-0.2, 0) is 7.05 Å². The van der Waals surface area contributed by atoms with Crippen LogP contribution >= 0.6 is 0 Å². The first-order chi connectivity index (χ1) is 6.61. The van der Waals surface area contributed by atoms with E-state index in [1.807, 2.05) is 23.7 Å². The molecule has 1 atom stereocenters. The fourth-order valence-corrected chi connectivity index (χ4v) is 1.77. The monoisotopic (exact) mass is 191 g/mol. The Hall–Kier alpha value is -1.48. The maximum absolute atomic E-state index is 9.60. The van der Waals surface area contributed by atoms with Crippen molar-refractivity contribution in [3.05, 3.63) is 30.0 Å². The van der Waals surface area contributed by atoms with Crippen LogP contribution in [-0.4, -0.2) is 14.8 Å². The number of fused-ring (bicyclic) bond motifs is 1. The number of aromatic hydroxyl groups is 1. The summed E-state index contributed by atoms with van der Waals surface area (Å²) < 4.78 is 1.89. The number of phenols is 1. The van der Waals surface area contributed by atoms with Crippen molar-refractivity contribution in [2.45, 2.75) is 13.0 Å². The summed E-state index contributed by atoms with van der Waals surface area (Å²) in [6, 6.07) is 7.17. The van der Waals surface area contributed by atoms with Crippen LogP contribution in [0.1, 0.15) is 18.7 Å². The summed E-state index contributed by atoms with van der Waals surface area (Å²) in [5.41, 5.74) is 1.74. The van der Waals surface area contributed by atoms with Gasteiger partial charge >= 0.3 is 0 Å². The first-order valence-corrected chi connectivity index (χ1v) is 4.56. The maximum atomic E-state index is 9.60. The highest BCUT2D eigenvalue weighted by atomic mass is 16.3. The predicted molar refractivity (Wildman–Crippen MR) is 55.2 cm³/mol. The molecular formula is C11H13NO2. The quantitative estimate of drug-likeness (QED) is 0.723. The van der Waals surface area contributed by atoms with Crippen LogP contribution < -0.4 is 0 Å². The summed E-state index contributed by atoms with van der Waals surface area (Å²) in [4.78, 5) is 0. The number of phenolic OH excluding ortho intramolecular Hbond substituents is 1. The Labute approximate surface area is 82.2 Å². The third-order valence-corrected chi connectivity index (χ3v) is 2.53. The van der Waals surface area contributed by atoms with Crippen LogP contribution in [0.4, 0.5) is 0 Å². The van der Waals surface area contributed by atoms with Gasteiger partial charge in [-0.2, -0.15) is 0 Å². The van der Waals surface area contributed by atoms with Gasteiger partial charge in [0, 0.05) is 18.1 Å². The highest BCUT2D eigenvalue weighted by Gasteiger charge is 2.11. The van der Waals surface area contributed by atoms with E-state index in [-0.39, 0.29) is 5.75 Å². The third kappa shape index (κ3) is 1.17. The molecule has 0 aliphatic heterocycles. The van der Waals surface area contributed by atoms with E-state index in [2.05, 4.69) is 0 Å². The minimum Gasteiger partial charge on any atom is -0.507 e. The molecule has 2 aromatic rings. The van der Waals surface area contributed by atoms with Gasteiger partial charge < -0.3 is 14.8 Å². The van der Waals surface area contributed by atoms with Gasteiger partial charge in [-0.05, 0) is 25.1 Å². The molecular weight excluding hydrogens is 178 g/mol. The molecule has 0 aliphatic rings. The van der Waals surface area contributed by atoms with Gasteiger partial charge in [0.1, 0.15) is 5.75 Å². The smallest absolute Gasteiger partial charge is 0.124 e. The van der Waals surface area contributed by atoms with Gasteiger partial charge in [-0.1, -0.05) is 6.07 Å². The molecule has 2 rings (SSSR count). The van der Waals surface area contributed by atoms with Crippen molar-refractivity contribution in [2.24, 2.45) is 7.05 Å². The molecule has 0 spiro atoms. The van der Waals surface area contributed by atoms with Crippen molar-refractivity contribution in [3.63, 3.8) is 0 Å². The lowest BCUT2D eigenvalue weighted by molar-refractivity contribution is 0.191. The summed E-state index contributed by atoms with van der Waals surface area (Å²) >= 11 is 0. The van der Waals surface area contributed by atoms with Gasteiger partial charge in [0.25, 0.3) is 0 Å². The van der Waals surface area contributed by atoms with E-state index in [0.717, 1.165) is 16.6 Å². The van der Waals surface area contributed by atoms with Crippen molar-refractivity contribution in [1.29, 1.82) is 0 Å². The molecule has 1 aromatic carbocycles. The molecule has 1 heterocycles. The summed E-state index contributed by atoms with van der Waals surface area (Å²) in [5.74, 6) is 0.255. The number of hydrogen-bond acceptors (Lipinski definition) is 2. The molecule has 0 aliphatic carbocycles. The number of aliphatic hydroxyl groups excluding tert-OH is 1. The second kappa shape index (κ2) is 3.03. The molecule has 74 valence electrons. The van der Waals surface area contributed by atoms with Crippen LogP contribution in [0.15, 0.2) is 24.3 Å². The molecule has 3 heteroatoms. The lowest BCUT2D eigenvalue weighted by Crippen LogP contribution is -1.99. The van der Waals surface area contributed by atoms with Crippen molar-refractivity contribution in [3.8, 4) is 5.75 Å². The number of aromatic nitrogens is 1. The first-order valence-electron chi connectivity index (χ1n) is 4.56. The second-order valence-electron chi connectivity index (χ2n) is 3.51. The zero-order chi connectivity index (χ0) is 10.3. The largest absolute Gasteiger partial charge is 0.507 e. The zero-order valence-electron chi connectivity index (χ0n) is 8.23. The maximum Gasteiger partial charge on any atom is 0.124 e. The molecule has 0 fully saturated rings. The van der Waals surface area contributed by atoms with Crippen molar-refractivity contribution < 1.29 is 10.2 Å². The van der Waals surface area contributed by atoms with E-state index in [4.69, 9.17) is 0 Å². The normalized spacial score (nSPS) is 13.4. The lowest BCUT2D eigenvalue weighted by atomic mass is 10.2. The predicted octanol–water partition coefficient (Wildman–Crippen LogP) is 1.94. The molecule has 2 N–H and O–H groups in total. The number of benzene rings is 1. The van der Waals surface area contributed by atoms with Gasteiger partial charge in [0.05, 0.1) is 11.6 Å². The van der Waals surface area contributed by atoms with Crippen LogP contribution in [0.3, 0.4) is 0 Å². The van der Waals surface area contributed by atoms with Crippen LogP contribution in [0.2, 0.25) is 0 Å². The van der Waals surface area contributed by atoms with Gasteiger partial charge in [-0.3, -0.25) is 0 Å². The van der Waals surface area contributed by atoms with Gasteiger partial charge in [-0.25, -0.2) is 0 Å². The molecule has 0 saturated heterocycles. The molecule has 3 nitrogen and oxygen atoms in total.